The highest BCUT2D eigenvalue weighted by Crippen LogP contribution is 2.32. The Morgan fingerprint density at radius 2 is 1.83 bits per heavy atom. The van der Waals surface area contributed by atoms with E-state index in [-0.39, 0.29) is 6.09 Å². The summed E-state index contributed by atoms with van der Waals surface area (Å²) in [5, 5.41) is 2.03. The van der Waals surface area contributed by atoms with Crippen LogP contribution in [-0.2, 0) is 4.74 Å². The molecule has 29 heavy (non-hydrogen) atoms. The fourth-order valence-corrected chi connectivity index (χ4v) is 3.90. The van der Waals surface area contributed by atoms with Crippen LogP contribution < -0.4 is 4.90 Å². The molecule has 1 amide bonds. The molecule has 0 N–H and O–H groups in total. The van der Waals surface area contributed by atoms with E-state index in [1.807, 2.05) is 37.3 Å². The first kappa shape index (κ1) is 19.7. The molecule has 0 atom stereocenters. The SMILES string of the molecule is CCOC(=O)N1CCN(c2nc(-c3ccc(Cl)cc3Cl)nc3ccccc23)CC1. The van der Waals surface area contributed by atoms with Crippen LogP contribution in [0.3, 0.4) is 0 Å². The summed E-state index contributed by atoms with van der Waals surface area (Å²) in [5.74, 6) is 1.38. The number of para-hydroxylation sites is 1. The summed E-state index contributed by atoms with van der Waals surface area (Å²) < 4.78 is 5.11. The highest BCUT2D eigenvalue weighted by Gasteiger charge is 2.24. The lowest BCUT2D eigenvalue weighted by molar-refractivity contribution is 0.105. The van der Waals surface area contributed by atoms with Gasteiger partial charge in [-0.15, -0.1) is 0 Å². The van der Waals surface area contributed by atoms with Crippen LogP contribution in [0, 0.1) is 0 Å². The molecule has 0 unspecified atom stereocenters. The normalized spacial score (nSPS) is 14.3. The van der Waals surface area contributed by atoms with E-state index >= 15 is 0 Å². The first-order valence-corrected chi connectivity index (χ1v) is 10.2. The van der Waals surface area contributed by atoms with Crippen molar-refractivity contribution < 1.29 is 9.53 Å². The number of aromatic nitrogens is 2. The summed E-state index contributed by atoms with van der Waals surface area (Å²) in [6.07, 6.45) is -0.270. The third-order valence-corrected chi connectivity index (χ3v) is 5.41. The molecule has 8 heteroatoms. The third-order valence-electron chi connectivity index (χ3n) is 4.86. The Balaban J connectivity index is 1.70. The summed E-state index contributed by atoms with van der Waals surface area (Å²) in [4.78, 5) is 25.4. The number of amides is 1. The minimum atomic E-state index is -0.270. The average Bonchev–Trinajstić information content (AvgIpc) is 2.73. The highest BCUT2D eigenvalue weighted by molar-refractivity contribution is 6.36. The van der Waals surface area contributed by atoms with Crippen molar-refractivity contribution in [2.24, 2.45) is 0 Å². The zero-order valence-corrected chi connectivity index (χ0v) is 17.5. The Kier molecular flexibility index (Phi) is 5.74. The van der Waals surface area contributed by atoms with Crippen LogP contribution >= 0.6 is 23.2 Å². The van der Waals surface area contributed by atoms with Gasteiger partial charge < -0.3 is 14.5 Å². The average molecular weight is 431 g/mol. The minimum Gasteiger partial charge on any atom is -0.450 e. The van der Waals surface area contributed by atoms with Crippen molar-refractivity contribution in [1.82, 2.24) is 14.9 Å². The van der Waals surface area contributed by atoms with Crippen molar-refractivity contribution >= 4 is 46.0 Å². The molecule has 2 aromatic carbocycles. The number of ether oxygens (including phenoxy) is 1. The molecule has 150 valence electrons. The number of piperazine rings is 1. The molecule has 6 nitrogen and oxygen atoms in total. The fraction of sp³-hybridized carbons (Fsp3) is 0.286. The van der Waals surface area contributed by atoms with Gasteiger partial charge >= 0.3 is 6.09 Å². The lowest BCUT2D eigenvalue weighted by Gasteiger charge is -2.35. The molecular formula is C21H20Cl2N4O2. The summed E-state index contributed by atoms with van der Waals surface area (Å²) in [6.45, 7) is 4.66. The van der Waals surface area contributed by atoms with Gasteiger partial charge in [-0.1, -0.05) is 35.3 Å². The summed E-state index contributed by atoms with van der Waals surface area (Å²) >= 11 is 12.4. The largest absolute Gasteiger partial charge is 0.450 e. The maximum absolute atomic E-state index is 12.0. The second-order valence-electron chi connectivity index (χ2n) is 6.69. The minimum absolute atomic E-state index is 0.270. The molecule has 4 rings (SSSR count). The second-order valence-corrected chi connectivity index (χ2v) is 7.53. The van der Waals surface area contributed by atoms with Crippen molar-refractivity contribution in [3.63, 3.8) is 0 Å². The fourth-order valence-electron chi connectivity index (χ4n) is 3.41. The van der Waals surface area contributed by atoms with E-state index in [2.05, 4.69) is 4.90 Å². The summed E-state index contributed by atoms with van der Waals surface area (Å²) in [6, 6.07) is 13.2. The van der Waals surface area contributed by atoms with Gasteiger partial charge in [0.25, 0.3) is 0 Å². The first-order valence-electron chi connectivity index (χ1n) is 9.45. The van der Waals surface area contributed by atoms with Crippen LogP contribution in [0.5, 0.6) is 0 Å². The van der Waals surface area contributed by atoms with Gasteiger partial charge in [-0.25, -0.2) is 14.8 Å². The van der Waals surface area contributed by atoms with Crippen LogP contribution in [0.1, 0.15) is 6.92 Å². The maximum Gasteiger partial charge on any atom is 0.409 e. The Hall–Kier alpha value is -2.57. The number of nitrogens with zero attached hydrogens (tertiary/aromatic N) is 4. The van der Waals surface area contributed by atoms with Gasteiger partial charge in [0.2, 0.25) is 0 Å². The van der Waals surface area contributed by atoms with Crippen molar-refractivity contribution in [3.05, 3.63) is 52.5 Å². The van der Waals surface area contributed by atoms with E-state index in [9.17, 15) is 4.79 Å². The van der Waals surface area contributed by atoms with Gasteiger partial charge in [-0.05, 0) is 37.3 Å². The molecule has 1 aliphatic rings. The van der Waals surface area contributed by atoms with Crippen LogP contribution in [0.25, 0.3) is 22.3 Å². The maximum atomic E-state index is 12.0. The molecule has 0 aliphatic carbocycles. The topological polar surface area (TPSA) is 58.6 Å². The van der Waals surface area contributed by atoms with E-state index in [1.165, 1.54) is 0 Å². The zero-order chi connectivity index (χ0) is 20.4. The van der Waals surface area contributed by atoms with Crippen LogP contribution in [0.2, 0.25) is 10.0 Å². The second kappa shape index (κ2) is 8.43. The monoisotopic (exact) mass is 430 g/mol. The molecular weight excluding hydrogens is 411 g/mol. The predicted octanol–water partition coefficient (Wildman–Crippen LogP) is 4.88. The van der Waals surface area contributed by atoms with Crippen molar-refractivity contribution in [3.8, 4) is 11.4 Å². The molecule has 0 spiro atoms. The van der Waals surface area contributed by atoms with E-state index < -0.39 is 0 Å². The Labute approximate surface area is 179 Å². The number of rotatable bonds is 3. The molecule has 0 saturated carbocycles. The number of anilines is 1. The molecule has 1 aliphatic heterocycles. The van der Waals surface area contributed by atoms with Crippen LogP contribution in [-0.4, -0.2) is 53.7 Å². The third kappa shape index (κ3) is 4.09. The first-order chi connectivity index (χ1) is 14.1. The van der Waals surface area contributed by atoms with E-state index in [4.69, 9.17) is 37.9 Å². The number of hydrogen-bond donors (Lipinski definition) is 0. The molecule has 0 radical (unpaired) electrons. The van der Waals surface area contributed by atoms with Gasteiger partial charge in [-0.2, -0.15) is 0 Å². The smallest absolute Gasteiger partial charge is 0.409 e. The van der Waals surface area contributed by atoms with E-state index in [1.54, 1.807) is 17.0 Å². The lowest BCUT2D eigenvalue weighted by Crippen LogP contribution is -2.49. The lowest BCUT2D eigenvalue weighted by atomic mass is 10.1. The summed E-state index contributed by atoms with van der Waals surface area (Å²) in [7, 11) is 0. The quantitative estimate of drug-likeness (QED) is 0.592. The number of carbonyl (C=O) groups excluding carboxylic acids is 1. The molecule has 1 saturated heterocycles. The molecule has 1 aromatic heterocycles. The molecule has 3 aromatic rings. The molecule has 0 bridgehead atoms. The standard InChI is InChI=1S/C21H20Cl2N4O2/c1-2-29-21(28)27-11-9-26(10-12-27)20-16-5-3-4-6-18(16)24-19(25-20)15-8-7-14(22)13-17(15)23/h3-8,13H,2,9-12H2,1H3. The van der Waals surface area contributed by atoms with Crippen molar-refractivity contribution in [1.29, 1.82) is 0 Å². The number of halogens is 2. The van der Waals surface area contributed by atoms with Gasteiger partial charge in [0.1, 0.15) is 5.82 Å². The number of hydrogen-bond acceptors (Lipinski definition) is 5. The van der Waals surface area contributed by atoms with Crippen LogP contribution in [0.15, 0.2) is 42.5 Å². The van der Waals surface area contributed by atoms with E-state index in [0.29, 0.717) is 48.7 Å². The van der Waals surface area contributed by atoms with Crippen LogP contribution in [0.4, 0.5) is 10.6 Å². The number of fused-ring (bicyclic) bond motifs is 1. The Morgan fingerprint density at radius 3 is 2.55 bits per heavy atom. The molecule has 2 heterocycles. The van der Waals surface area contributed by atoms with Gasteiger partial charge in [0.05, 0.1) is 17.1 Å². The number of carbonyl (C=O) groups is 1. The van der Waals surface area contributed by atoms with Gasteiger partial charge in [-0.3, -0.25) is 0 Å². The summed E-state index contributed by atoms with van der Waals surface area (Å²) in [5.41, 5.74) is 1.57. The number of benzene rings is 2. The Bertz CT molecular complexity index is 1050. The van der Waals surface area contributed by atoms with Gasteiger partial charge in [0.15, 0.2) is 5.82 Å². The van der Waals surface area contributed by atoms with Crippen molar-refractivity contribution in [2.75, 3.05) is 37.7 Å². The predicted molar refractivity (Wildman–Crippen MR) is 116 cm³/mol. The molecule has 1 fully saturated rings. The zero-order valence-electron chi connectivity index (χ0n) is 15.9. The highest BCUT2D eigenvalue weighted by atomic mass is 35.5. The van der Waals surface area contributed by atoms with E-state index in [0.717, 1.165) is 22.3 Å². The Morgan fingerprint density at radius 1 is 1.07 bits per heavy atom. The van der Waals surface area contributed by atoms with Gasteiger partial charge in [0, 0.05) is 42.2 Å². The van der Waals surface area contributed by atoms with Crippen molar-refractivity contribution in [2.45, 2.75) is 6.92 Å².